The number of H-pyrrole nitrogens is 1. The third-order valence-electron chi connectivity index (χ3n) is 6.58. The summed E-state index contributed by atoms with van der Waals surface area (Å²) in [7, 11) is -4.10. The van der Waals surface area contributed by atoms with E-state index >= 15 is 0 Å². The average Bonchev–Trinajstić information content (AvgIpc) is 3.29. The number of ether oxygens (including phenoxy) is 2. The van der Waals surface area contributed by atoms with Gasteiger partial charge in [-0.05, 0) is 23.4 Å². The Morgan fingerprint density at radius 2 is 2.00 bits per heavy atom. The lowest BCUT2D eigenvalue weighted by atomic mass is 9.85. The lowest BCUT2D eigenvalue weighted by molar-refractivity contribution is -0.153. The number of halogens is 1. The molecule has 2 aromatic rings. The van der Waals surface area contributed by atoms with E-state index < -0.39 is 43.5 Å². The summed E-state index contributed by atoms with van der Waals surface area (Å²) < 4.78 is 43.3. The predicted molar refractivity (Wildman–Crippen MR) is 152 cm³/mol. The number of rotatable bonds is 9. The Kier molecular flexibility index (Phi) is 9.55. The molecule has 4 rings (SSSR count). The quantitative estimate of drug-likeness (QED) is 0.302. The number of carbonyl (C=O) groups is 2. The normalized spacial score (nSPS) is 24.2. The summed E-state index contributed by atoms with van der Waals surface area (Å²) >= 11 is 3.11. The number of benzene rings is 1. The van der Waals surface area contributed by atoms with Gasteiger partial charge in [-0.1, -0.05) is 54.9 Å². The lowest BCUT2D eigenvalue weighted by Gasteiger charge is -2.31. The molecule has 1 fully saturated rings. The number of para-hydroxylation sites is 1. The number of hydrogen-bond acceptors (Lipinski definition) is 10. The zero-order chi connectivity index (χ0) is 29.9. The molecule has 3 heterocycles. The molecular weight excluding hydrogens is 623 g/mol. The number of fused-ring (bicyclic) bond motifs is 1. The van der Waals surface area contributed by atoms with Crippen LogP contribution in [-0.2, 0) is 44.7 Å². The monoisotopic (exact) mass is 654 g/mol. The molecular formula is C27H32BrN2O10P. The van der Waals surface area contributed by atoms with Crippen LogP contribution in [0, 0.1) is 0 Å². The van der Waals surface area contributed by atoms with Crippen molar-refractivity contribution in [1.82, 2.24) is 9.55 Å². The van der Waals surface area contributed by atoms with Crippen LogP contribution < -0.4 is 15.8 Å². The van der Waals surface area contributed by atoms with E-state index in [1.165, 1.54) is 28.7 Å². The molecule has 12 nitrogen and oxygen atoms in total. The molecule has 222 valence electrons. The van der Waals surface area contributed by atoms with E-state index in [0.29, 0.717) is 5.75 Å². The Morgan fingerprint density at radius 1 is 1.24 bits per heavy atom. The first kappa shape index (κ1) is 31.1. The van der Waals surface area contributed by atoms with E-state index in [0.717, 1.165) is 11.1 Å². The van der Waals surface area contributed by atoms with Crippen LogP contribution in [0.15, 0.2) is 39.0 Å². The number of Topliss-reactive ketones (excluding diaryl/α,β-unsaturated/α-hetero) is 1. The van der Waals surface area contributed by atoms with Crippen molar-refractivity contribution in [3.63, 3.8) is 0 Å². The summed E-state index contributed by atoms with van der Waals surface area (Å²) in [4.78, 5) is 52.2. The number of aromatic amines is 1. The fraction of sp³-hybridized carbons (Fsp3) is 0.481. The first-order valence-corrected chi connectivity index (χ1v) is 15.3. The Hall–Kier alpha value is -2.83. The van der Waals surface area contributed by atoms with Crippen LogP contribution in [0.1, 0.15) is 69.9 Å². The van der Waals surface area contributed by atoms with Gasteiger partial charge in [-0.3, -0.25) is 28.2 Å². The molecule has 4 atom stereocenters. The molecule has 2 aliphatic rings. The summed E-state index contributed by atoms with van der Waals surface area (Å²) in [6, 6.07) is 5.57. The number of carbonyl (C=O) groups excluding carboxylic acids is 2. The summed E-state index contributed by atoms with van der Waals surface area (Å²) in [6.45, 7) is 7.02. The van der Waals surface area contributed by atoms with E-state index in [1.807, 2.05) is 39.0 Å². The molecule has 41 heavy (non-hydrogen) atoms. The van der Waals surface area contributed by atoms with Gasteiger partial charge in [-0.25, -0.2) is 9.36 Å². The summed E-state index contributed by atoms with van der Waals surface area (Å²) in [6.07, 6.45) is -0.200. The SMILES string of the molecule is CC(=O)CCC(=O)O[C@H]1C[C@H](n2cc(/C=C/Br)c(=O)[nH]c2=O)O[C@@H]1COP1(=O)OCc2cccc(C(C)(C)C)c2O1. The molecule has 1 aromatic carbocycles. The van der Waals surface area contributed by atoms with E-state index in [9.17, 15) is 23.7 Å². The molecule has 0 radical (unpaired) electrons. The number of ketones is 1. The first-order valence-electron chi connectivity index (χ1n) is 13.0. The minimum absolute atomic E-state index is 0.00474. The minimum Gasteiger partial charge on any atom is -0.459 e. The van der Waals surface area contributed by atoms with Gasteiger partial charge in [0, 0.05) is 30.2 Å². The Labute approximate surface area is 244 Å². The smallest absolute Gasteiger partial charge is 0.459 e. The van der Waals surface area contributed by atoms with Crippen molar-refractivity contribution >= 4 is 41.6 Å². The Morgan fingerprint density at radius 3 is 2.68 bits per heavy atom. The van der Waals surface area contributed by atoms with E-state index in [4.69, 9.17) is 23.0 Å². The largest absolute Gasteiger partial charge is 0.530 e. The maximum Gasteiger partial charge on any atom is 0.530 e. The second-order valence-electron chi connectivity index (χ2n) is 10.8. The fourth-order valence-corrected chi connectivity index (χ4v) is 6.00. The number of phosphoric ester groups is 1. The zero-order valence-electron chi connectivity index (χ0n) is 23.1. The van der Waals surface area contributed by atoms with Gasteiger partial charge in [0.15, 0.2) is 0 Å². The first-order chi connectivity index (χ1) is 19.3. The predicted octanol–water partition coefficient (Wildman–Crippen LogP) is 4.50. The zero-order valence-corrected chi connectivity index (χ0v) is 25.6. The second-order valence-corrected chi connectivity index (χ2v) is 12.9. The Balaban J connectivity index is 1.55. The van der Waals surface area contributed by atoms with E-state index in [1.54, 1.807) is 0 Å². The maximum absolute atomic E-state index is 13.5. The van der Waals surface area contributed by atoms with Crippen molar-refractivity contribution in [2.24, 2.45) is 0 Å². The van der Waals surface area contributed by atoms with Gasteiger partial charge in [0.05, 0.1) is 25.2 Å². The number of nitrogens with one attached hydrogen (secondary N) is 1. The van der Waals surface area contributed by atoms with E-state index in [2.05, 4.69) is 20.9 Å². The number of esters is 1. The van der Waals surface area contributed by atoms with Crippen LogP contribution in [0.25, 0.3) is 6.08 Å². The molecule has 0 bridgehead atoms. The number of aromatic nitrogens is 2. The highest BCUT2D eigenvalue weighted by Crippen LogP contribution is 2.56. The van der Waals surface area contributed by atoms with Gasteiger partial charge in [0.1, 0.15) is 30.0 Å². The highest BCUT2D eigenvalue weighted by molar-refractivity contribution is 9.11. The van der Waals surface area contributed by atoms with Gasteiger partial charge >= 0.3 is 19.5 Å². The highest BCUT2D eigenvalue weighted by Gasteiger charge is 2.43. The van der Waals surface area contributed by atoms with Crippen LogP contribution >= 0.6 is 23.8 Å². The maximum atomic E-state index is 13.5. The van der Waals surface area contributed by atoms with Crippen LogP contribution in [0.3, 0.4) is 0 Å². The third-order valence-corrected chi connectivity index (χ3v) is 8.16. The summed E-state index contributed by atoms with van der Waals surface area (Å²) in [5, 5.41) is 0. The standard InChI is InChI=1S/C27H32BrN2O10P/c1-16(31)8-9-23(32)39-20-12-22(30-13-17(10-11-28)25(33)29-26(30)34)38-21(20)15-37-41(35)36-14-18-6-5-7-19(24(18)40-41)27(2,3)4/h5-7,10-11,13,20-22H,8-9,12,14-15H2,1-4H3,(H,29,33,34)/b11-10+/t20-,21+,22+,41?/m0/s1. The second kappa shape index (κ2) is 12.6. The van der Waals surface area contributed by atoms with Gasteiger partial charge in [-0.15, -0.1) is 0 Å². The molecule has 2 aliphatic heterocycles. The molecule has 0 spiro atoms. The van der Waals surface area contributed by atoms with Gasteiger partial charge < -0.3 is 18.8 Å². The number of nitrogens with zero attached hydrogens (tertiary/aromatic N) is 1. The van der Waals surface area contributed by atoms with Crippen molar-refractivity contribution in [2.45, 2.75) is 77.4 Å². The Bertz CT molecular complexity index is 1510. The van der Waals surface area contributed by atoms with Crippen LogP contribution in [0.2, 0.25) is 0 Å². The van der Waals surface area contributed by atoms with Gasteiger partial charge in [0.25, 0.3) is 5.56 Å². The molecule has 1 saturated heterocycles. The van der Waals surface area contributed by atoms with E-state index in [-0.39, 0.29) is 49.2 Å². The summed E-state index contributed by atoms with van der Waals surface area (Å²) in [5.41, 5.74) is 0.123. The molecule has 0 amide bonds. The highest BCUT2D eigenvalue weighted by atomic mass is 79.9. The lowest BCUT2D eigenvalue weighted by Crippen LogP contribution is -2.33. The number of phosphoric acid groups is 1. The van der Waals surface area contributed by atoms with Gasteiger partial charge in [-0.2, -0.15) is 0 Å². The van der Waals surface area contributed by atoms with Crippen LogP contribution in [0.4, 0.5) is 0 Å². The molecule has 1 aromatic heterocycles. The molecule has 0 saturated carbocycles. The van der Waals surface area contributed by atoms with Crippen LogP contribution in [0.5, 0.6) is 5.75 Å². The van der Waals surface area contributed by atoms with Crippen molar-refractivity contribution in [2.75, 3.05) is 6.61 Å². The number of hydrogen-bond donors (Lipinski definition) is 1. The molecule has 1 unspecified atom stereocenters. The topological polar surface area (TPSA) is 152 Å². The third kappa shape index (κ3) is 7.52. The molecule has 0 aliphatic carbocycles. The van der Waals surface area contributed by atoms with Crippen molar-refractivity contribution < 1.29 is 37.2 Å². The molecule has 1 N–H and O–H groups in total. The van der Waals surface area contributed by atoms with Crippen molar-refractivity contribution in [3.05, 3.63) is 66.9 Å². The van der Waals surface area contributed by atoms with Crippen molar-refractivity contribution in [1.29, 1.82) is 0 Å². The minimum atomic E-state index is -4.10. The van der Waals surface area contributed by atoms with Gasteiger partial charge in [0.2, 0.25) is 0 Å². The average molecular weight is 655 g/mol. The molecule has 14 heteroatoms. The van der Waals surface area contributed by atoms with Crippen LogP contribution in [-0.4, -0.2) is 40.1 Å². The summed E-state index contributed by atoms with van der Waals surface area (Å²) in [5.74, 6) is -0.384. The fourth-order valence-electron chi connectivity index (χ4n) is 4.46. The van der Waals surface area contributed by atoms with Crippen molar-refractivity contribution in [3.8, 4) is 5.75 Å².